The molecule has 0 unspecified atom stereocenters. The van der Waals surface area contributed by atoms with E-state index >= 15 is 4.39 Å². The van der Waals surface area contributed by atoms with Crippen molar-refractivity contribution in [3.8, 4) is 11.5 Å². The topological polar surface area (TPSA) is 55.8 Å². The Bertz CT molecular complexity index is 1240. The van der Waals surface area contributed by atoms with Gasteiger partial charge in [-0.2, -0.15) is 0 Å². The number of rotatable bonds is 8. The highest BCUT2D eigenvalue weighted by atomic mass is 35.5. The van der Waals surface area contributed by atoms with Crippen molar-refractivity contribution in [3.63, 3.8) is 0 Å². The van der Waals surface area contributed by atoms with Crippen LogP contribution >= 0.6 is 23.2 Å². The summed E-state index contributed by atoms with van der Waals surface area (Å²) in [5, 5.41) is 10.1. The number of ether oxygens (including phenoxy) is 2. The number of aromatic hydroxyl groups is 1. The number of hydrogen-bond acceptors (Lipinski definition) is 4. The Morgan fingerprint density at radius 3 is 2.31 bits per heavy atom. The molecule has 0 aliphatic carbocycles. The molecule has 3 aromatic rings. The molecule has 4 nitrogen and oxygen atoms in total. The fraction of sp³-hybridized carbons (Fsp3) is 0.269. The summed E-state index contributed by atoms with van der Waals surface area (Å²) in [6.45, 7) is 4.61. The number of hydrogen-bond donors (Lipinski definition) is 1. The summed E-state index contributed by atoms with van der Waals surface area (Å²) in [6.07, 6.45) is -0.189. The van der Waals surface area contributed by atoms with Crippen LogP contribution in [0.2, 0.25) is 10.0 Å². The van der Waals surface area contributed by atoms with Gasteiger partial charge in [0, 0.05) is 28.5 Å². The first-order valence-corrected chi connectivity index (χ1v) is 11.4. The third-order valence-electron chi connectivity index (χ3n) is 5.63. The quantitative estimate of drug-likeness (QED) is 0.254. The number of esters is 1. The predicted octanol–water partition coefficient (Wildman–Crippen LogP) is 6.97. The summed E-state index contributed by atoms with van der Waals surface area (Å²) in [7, 11) is 0. The molecule has 0 bridgehead atoms. The van der Waals surface area contributed by atoms with Crippen molar-refractivity contribution in [2.75, 3.05) is 13.2 Å². The van der Waals surface area contributed by atoms with Crippen molar-refractivity contribution < 1.29 is 32.5 Å². The zero-order chi connectivity index (χ0) is 25.9. The maximum atomic E-state index is 15.7. The first kappa shape index (κ1) is 26.7. The summed E-state index contributed by atoms with van der Waals surface area (Å²) in [4.78, 5) is 11.5. The van der Waals surface area contributed by atoms with Gasteiger partial charge in [0.15, 0.2) is 18.2 Å². The van der Waals surface area contributed by atoms with E-state index in [1.165, 1.54) is 36.4 Å². The van der Waals surface area contributed by atoms with E-state index in [2.05, 4.69) is 0 Å². The number of carbonyl (C=O) groups is 1. The molecule has 3 aromatic carbocycles. The van der Waals surface area contributed by atoms with Gasteiger partial charge in [-0.05, 0) is 41.8 Å². The third-order valence-corrected chi connectivity index (χ3v) is 6.36. The number of phenolic OH excluding ortho intramolecular Hbond substituents is 1. The summed E-state index contributed by atoms with van der Waals surface area (Å²) in [6, 6.07) is 9.36. The standard InChI is InChI=1S/C26H23Cl2F3O4/c1-4-34-21(33)13-35-20-12-18(27)17(23(28)25(20)31)11-14-5-10-19(32)22(24(14)30)26(2,3)15-6-8-16(29)9-7-15/h5-10,12,32H,4,11,13H2,1-3H3. The highest BCUT2D eigenvalue weighted by Gasteiger charge is 2.31. The number of phenols is 1. The van der Waals surface area contributed by atoms with Gasteiger partial charge in [-0.25, -0.2) is 18.0 Å². The predicted molar refractivity (Wildman–Crippen MR) is 128 cm³/mol. The zero-order valence-electron chi connectivity index (χ0n) is 19.2. The largest absolute Gasteiger partial charge is 0.508 e. The summed E-state index contributed by atoms with van der Waals surface area (Å²) < 4.78 is 53.8. The van der Waals surface area contributed by atoms with E-state index in [-0.39, 0.29) is 51.3 Å². The second kappa shape index (κ2) is 10.8. The second-order valence-corrected chi connectivity index (χ2v) is 9.08. The fourth-order valence-electron chi connectivity index (χ4n) is 3.76. The molecule has 1 N–H and O–H groups in total. The molecule has 3 rings (SSSR count). The van der Waals surface area contributed by atoms with E-state index in [0.29, 0.717) is 5.56 Å². The van der Waals surface area contributed by atoms with Crippen molar-refractivity contribution in [2.24, 2.45) is 0 Å². The maximum Gasteiger partial charge on any atom is 0.344 e. The smallest absolute Gasteiger partial charge is 0.344 e. The van der Waals surface area contributed by atoms with E-state index in [1.807, 2.05) is 0 Å². The van der Waals surface area contributed by atoms with Gasteiger partial charge in [-0.3, -0.25) is 0 Å². The molecule has 0 saturated heterocycles. The van der Waals surface area contributed by atoms with Crippen LogP contribution in [0.25, 0.3) is 0 Å². The SMILES string of the molecule is CCOC(=O)COc1cc(Cl)c(Cc2ccc(O)c(C(C)(C)c3ccc(F)cc3)c2F)c(Cl)c1F. The van der Waals surface area contributed by atoms with Crippen LogP contribution in [0.3, 0.4) is 0 Å². The number of halogens is 5. The highest BCUT2D eigenvalue weighted by Crippen LogP contribution is 2.41. The molecule has 0 fully saturated rings. The average Bonchev–Trinajstić information content (AvgIpc) is 2.80. The van der Waals surface area contributed by atoms with Crippen LogP contribution in [0.15, 0.2) is 42.5 Å². The van der Waals surface area contributed by atoms with E-state index in [4.69, 9.17) is 32.7 Å². The number of carbonyl (C=O) groups excluding carboxylic acids is 1. The van der Waals surface area contributed by atoms with Crippen LogP contribution in [0.4, 0.5) is 13.2 Å². The van der Waals surface area contributed by atoms with Gasteiger partial charge in [0.05, 0.1) is 11.6 Å². The van der Waals surface area contributed by atoms with Crippen LogP contribution in [0, 0.1) is 17.5 Å². The molecule has 0 radical (unpaired) electrons. The third kappa shape index (κ3) is 5.68. The minimum atomic E-state index is -1.03. The molecule has 0 aliphatic rings. The van der Waals surface area contributed by atoms with E-state index in [9.17, 15) is 18.7 Å². The zero-order valence-corrected chi connectivity index (χ0v) is 20.7. The Morgan fingerprint density at radius 2 is 1.69 bits per heavy atom. The molecule has 0 aliphatic heterocycles. The van der Waals surface area contributed by atoms with Crippen molar-refractivity contribution in [1.82, 2.24) is 0 Å². The monoisotopic (exact) mass is 526 g/mol. The molecular formula is C26H23Cl2F3O4. The van der Waals surface area contributed by atoms with Gasteiger partial charge in [0.1, 0.15) is 17.4 Å². The summed E-state index contributed by atoms with van der Waals surface area (Å²) in [5.74, 6) is -3.45. The maximum absolute atomic E-state index is 15.7. The van der Waals surface area contributed by atoms with Crippen molar-refractivity contribution in [2.45, 2.75) is 32.6 Å². The van der Waals surface area contributed by atoms with Gasteiger partial charge in [-0.1, -0.05) is 55.2 Å². The van der Waals surface area contributed by atoms with Crippen LogP contribution < -0.4 is 4.74 Å². The molecule has 0 aromatic heterocycles. The lowest BCUT2D eigenvalue weighted by atomic mass is 9.76. The molecule has 0 saturated carbocycles. The van der Waals surface area contributed by atoms with E-state index in [0.717, 1.165) is 6.07 Å². The minimum absolute atomic E-state index is 0.00192. The van der Waals surface area contributed by atoms with Gasteiger partial charge >= 0.3 is 5.97 Å². The van der Waals surface area contributed by atoms with Crippen LogP contribution in [-0.4, -0.2) is 24.3 Å². The lowest BCUT2D eigenvalue weighted by Gasteiger charge is -2.28. The van der Waals surface area contributed by atoms with Gasteiger partial charge in [-0.15, -0.1) is 0 Å². The van der Waals surface area contributed by atoms with E-state index < -0.39 is 35.4 Å². The molecular weight excluding hydrogens is 504 g/mol. The summed E-state index contributed by atoms with van der Waals surface area (Å²) >= 11 is 12.5. The van der Waals surface area contributed by atoms with Crippen molar-refractivity contribution >= 4 is 29.2 Å². The number of benzene rings is 3. The van der Waals surface area contributed by atoms with Gasteiger partial charge < -0.3 is 14.6 Å². The first-order chi connectivity index (χ1) is 16.5. The van der Waals surface area contributed by atoms with Gasteiger partial charge in [0.25, 0.3) is 0 Å². The molecule has 186 valence electrons. The second-order valence-electron chi connectivity index (χ2n) is 8.30. The lowest BCUT2D eigenvalue weighted by Crippen LogP contribution is -2.22. The Balaban J connectivity index is 1.97. The molecule has 0 spiro atoms. The lowest BCUT2D eigenvalue weighted by molar-refractivity contribution is -0.145. The van der Waals surface area contributed by atoms with Crippen LogP contribution in [0.5, 0.6) is 11.5 Å². The van der Waals surface area contributed by atoms with Crippen LogP contribution in [0.1, 0.15) is 43.0 Å². The van der Waals surface area contributed by atoms with E-state index in [1.54, 1.807) is 20.8 Å². The van der Waals surface area contributed by atoms with Crippen molar-refractivity contribution in [1.29, 1.82) is 0 Å². The minimum Gasteiger partial charge on any atom is -0.508 e. The summed E-state index contributed by atoms with van der Waals surface area (Å²) in [5.41, 5.74) is -0.249. The highest BCUT2D eigenvalue weighted by molar-refractivity contribution is 6.36. The Labute approximate surface area is 211 Å². The molecule has 0 amide bonds. The van der Waals surface area contributed by atoms with Gasteiger partial charge in [0.2, 0.25) is 0 Å². The van der Waals surface area contributed by atoms with Crippen LogP contribution in [-0.2, 0) is 21.4 Å². The Morgan fingerprint density at radius 1 is 1.03 bits per heavy atom. The van der Waals surface area contributed by atoms with Crippen molar-refractivity contribution in [3.05, 3.63) is 92.2 Å². The normalized spacial score (nSPS) is 11.4. The Kier molecular flexibility index (Phi) is 8.23. The molecule has 0 heterocycles. The molecule has 35 heavy (non-hydrogen) atoms. The molecule has 9 heteroatoms. The fourth-order valence-corrected chi connectivity index (χ4v) is 4.33. The molecule has 0 atom stereocenters. The first-order valence-electron chi connectivity index (χ1n) is 10.7. The Hall–Kier alpha value is -2.90. The average molecular weight is 527 g/mol.